The third kappa shape index (κ3) is 6.87. The van der Waals surface area contributed by atoms with Gasteiger partial charge in [0.25, 0.3) is 5.91 Å². The maximum absolute atomic E-state index is 12.7. The lowest BCUT2D eigenvalue weighted by atomic mass is 10.0. The van der Waals surface area contributed by atoms with Gasteiger partial charge in [-0.3, -0.25) is 14.3 Å². The summed E-state index contributed by atoms with van der Waals surface area (Å²) in [5.74, 6) is -0.491. The molecule has 0 radical (unpaired) electrons. The van der Waals surface area contributed by atoms with E-state index in [4.69, 9.17) is 4.74 Å². The standard InChI is InChI=1S/C21H28N4O3.ClH/c1-28-20(26)10-9-17(14-16-6-3-2-4-7-16)23-21(27)19-11-13-25(24-19)18-8-5-12-22-15-18;/h2-4,6-7,11,13,17-18,22H,5,8-10,12,14-15H2,1H3,(H,23,27);1H. The minimum absolute atomic E-state index is 0. The Balaban J connectivity index is 0.00000300. The first-order valence-corrected chi connectivity index (χ1v) is 9.83. The molecule has 1 amide bonds. The Morgan fingerprint density at radius 1 is 1.31 bits per heavy atom. The number of hydrogen-bond acceptors (Lipinski definition) is 5. The predicted molar refractivity (Wildman–Crippen MR) is 113 cm³/mol. The van der Waals surface area contributed by atoms with E-state index in [0.717, 1.165) is 31.5 Å². The molecule has 1 aromatic carbocycles. The molecule has 29 heavy (non-hydrogen) atoms. The highest BCUT2D eigenvalue weighted by atomic mass is 35.5. The zero-order chi connectivity index (χ0) is 19.8. The molecule has 1 aliphatic heterocycles. The van der Waals surface area contributed by atoms with Crippen LogP contribution >= 0.6 is 12.4 Å². The fourth-order valence-electron chi connectivity index (χ4n) is 3.50. The molecule has 2 heterocycles. The Morgan fingerprint density at radius 3 is 2.79 bits per heavy atom. The maximum atomic E-state index is 12.7. The first-order valence-electron chi connectivity index (χ1n) is 9.83. The van der Waals surface area contributed by atoms with Crippen molar-refractivity contribution in [2.75, 3.05) is 20.2 Å². The number of hydrogen-bond donors (Lipinski definition) is 2. The van der Waals surface area contributed by atoms with Gasteiger partial charge in [0.1, 0.15) is 5.69 Å². The molecule has 1 aliphatic rings. The molecule has 2 aromatic rings. The number of aromatic nitrogens is 2. The largest absolute Gasteiger partial charge is 0.469 e. The molecule has 8 heteroatoms. The second-order valence-corrected chi connectivity index (χ2v) is 7.16. The number of esters is 1. The molecule has 7 nitrogen and oxygen atoms in total. The fourth-order valence-corrected chi connectivity index (χ4v) is 3.50. The van der Waals surface area contributed by atoms with E-state index in [1.807, 2.05) is 41.2 Å². The molecule has 1 fully saturated rings. The summed E-state index contributed by atoms with van der Waals surface area (Å²) in [4.78, 5) is 24.3. The Hall–Kier alpha value is -2.38. The summed E-state index contributed by atoms with van der Waals surface area (Å²) in [6.45, 7) is 1.91. The van der Waals surface area contributed by atoms with E-state index in [0.29, 0.717) is 18.5 Å². The molecule has 0 saturated carbocycles. The van der Waals surface area contributed by atoms with Gasteiger partial charge in [-0.25, -0.2) is 0 Å². The quantitative estimate of drug-likeness (QED) is 0.641. The van der Waals surface area contributed by atoms with Gasteiger partial charge >= 0.3 is 5.97 Å². The van der Waals surface area contributed by atoms with Crippen molar-refractivity contribution in [3.8, 4) is 0 Å². The first-order chi connectivity index (χ1) is 13.7. The lowest BCUT2D eigenvalue weighted by molar-refractivity contribution is -0.140. The van der Waals surface area contributed by atoms with Gasteiger partial charge in [0.05, 0.1) is 13.2 Å². The number of carbonyl (C=O) groups is 2. The van der Waals surface area contributed by atoms with Crippen LogP contribution < -0.4 is 10.6 Å². The molecule has 1 saturated heterocycles. The molecule has 1 aromatic heterocycles. The van der Waals surface area contributed by atoms with Gasteiger partial charge < -0.3 is 15.4 Å². The van der Waals surface area contributed by atoms with Crippen molar-refractivity contribution in [2.24, 2.45) is 0 Å². The molecule has 0 aliphatic carbocycles. The number of methoxy groups -OCH3 is 1. The van der Waals surface area contributed by atoms with Crippen molar-refractivity contribution >= 4 is 24.3 Å². The Labute approximate surface area is 177 Å². The van der Waals surface area contributed by atoms with E-state index < -0.39 is 0 Å². The number of halogens is 1. The predicted octanol–water partition coefficient (Wildman–Crippen LogP) is 2.52. The van der Waals surface area contributed by atoms with Crippen LogP contribution in [0.2, 0.25) is 0 Å². The van der Waals surface area contributed by atoms with Crippen LogP contribution in [0, 0.1) is 0 Å². The van der Waals surface area contributed by atoms with E-state index >= 15 is 0 Å². The van der Waals surface area contributed by atoms with Gasteiger partial charge in [0.15, 0.2) is 0 Å². The highest BCUT2D eigenvalue weighted by molar-refractivity contribution is 5.92. The average molecular weight is 421 g/mol. The van der Waals surface area contributed by atoms with E-state index in [2.05, 4.69) is 15.7 Å². The average Bonchev–Trinajstić information content (AvgIpc) is 3.23. The zero-order valence-corrected chi connectivity index (χ0v) is 17.5. The van der Waals surface area contributed by atoms with Gasteiger partial charge in [-0.2, -0.15) is 5.10 Å². The van der Waals surface area contributed by atoms with E-state index in [1.54, 1.807) is 6.07 Å². The van der Waals surface area contributed by atoms with Crippen LogP contribution in [0.5, 0.6) is 0 Å². The fraction of sp³-hybridized carbons (Fsp3) is 0.476. The second kappa shape index (κ2) is 11.6. The molecule has 158 valence electrons. The summed E-state index contributed by atoms with van der Waals surface area (Å²) in [5.41, 5.74) is 1.51. The van der Waals surface area contributed by atoms with Crippen LogP contribution in [-0.4, -0.2) is 47.9 Å². The number of ether oxygens (including phenoxy) is 1. The van der Waals surface area contributed by atoms with Crippen LogP contribution in [0.25, 0.3) is 0 Å². The Kier molecular flexibility index (Phi) is 9.15. The number of nitrogens with one attached hydrogen (secondary N) is 2. The van der Waals surface area contributed by atoms with Crippen LogP contribution in [-0.2, 0) is 16.0 Å². The number of nitrogens with zero attached hydrogens (tertiary/aromatic N) is 2. The van der Waals surface area contributed by atoms with Crippen LogP contribution in [0.4, 0.5) is 0 Å². The summed E-state index contributed by atoms with van der Waals surface area (Å²) in [7, 11) is 1.37. The Morgan fingerprint density at radius 2 is 2.10 bits per heavy atom. The first kappa shape index (κ1) is 22.9. The van der Waals surface area contributed by atoms with Gasteiger partial charge in [-0.05, 0) is 43.9 Å². The zero-order valence-electron chi connectivity index (χ0n) is 16.7. The lowest BCUT2D eigenvalue weighted by Crippen LogP contribution is -2.37. The van der Waals surface area contributed by atoms with Crippen molar-refractivity contribution in [1.29, 1.82) is 0 Å². The topological polar surface area (TPSA) is 85.2 Å². The normalized spacial score (nSPS) is 17.1. The monoisotopic (exact) mass is 420 g/mol. The van der Waals surface area contributed by atoms with E-state index in [-0.39, 0.29) is 42.8 Å². The van der Waals surface area contributed by atoms with Gasteiger partial charge in [0.2, 0.25) is 0 Å². The second-order valence-electron chi connectivity index (χ2n) is 7.16. The van der Waals surface area contributed by atoms with Gasteiger partial charge in [0, 0.05) is 25.2 Å². The summed E-state index contributed by atoms with van der Waals surface area (Å²) < 4.78 is 6.61. The minimum Gasteiger partial charge on any atom is -0.469 e. The molecule has 2 unspecified atom stereocenters. The SMILES string of the molecule is COC(=O)CCC(Cc1ccccc1)NC(=O)c1ccn(C2CCCNC2)n1.Cl. The van der Waals surface area contributed by atoms with Gasteiger partial charge in [-0.15, -0.1) is 12.4 Å². The Bertz CT molecular complexity index is 775. The van der Waals surface area contributed by atoms with Crippen LogP contribution in [0.15, 0.2) is 42.6 Å². The smallest absolute Gasteiger partial charge is 0.305 e. The third-order valence-corrected chi connectivity index (χ3v) is 5.07. The lowest BCUT2D eigenvalue weighted by Gasteiger charge is -2.23. The summed E-state index contributed by atoms with van der Waals surface area (Å²) in [6.07, 6.45) is 5.46. The molecule has 2 atom stereocenters. The van der Waals surface area contributed by atoms with E-state index in [9.17, 15) is 9.59 Å². The molecular formula is C21H29ClN4O3. The van der Waals surface area contributed by atoms with Gasteiger partial charge in [-0.1, -0.05) is 30.3 Å². The number of carbonyl (C=O) groups excluding carboxylic acids is 2. The molecular weight excluding hydrogens is 392 g/mol. The molecule has 2 N–H and O–H groups in total. The summed E-state index contributed by atoms with van der Waals surface area (Å²) in [6, 6.07) is 11.8. The van der Waals surface area contributed by atoms with Crippen molar-refractivity contribution in [1.82, 2.24) is 20.4 Å². The van der Waals surface area contributed by atoms with Crippen molar-refractivity contribution in [2.45, 2.75) is 44.2 Å². The summed E-state index contributed by atoms with van der Waals surface area (Å²) >= 11 is 0. The van der Waals surface area contributed by atoms with Crippen molar-refractivity contribution in [3.63, 3.8) is 0 Å². The molecule has 0 spiro atoms. The molecule has 3 rings (SSSR count). The van der Waals surface area contributed by atoms with E-state index in [1.165, 1.54) is 7.11 Å². The maximum Gasteiger partial charge on any atom is 0.305 e. The van der Waals surface area contributed by atoms with Crippen molar-refractivity contribution < 1.29 is 14.3 Å². The van der Waals surface area contributed by atoms with Crippen LogP contribution in [0.1, 0.15) is 47.8 Å². The molecule has 0 bridgehead atoms. The number of amides is 1. The summed E-state index contributed by atoms with van der Waals surface area (Å²) in [5, 5.41) is 10.9. The number of rotatable bonds is 8. The van der Waals surface area contributed by atoms with Crippen LogP contribution in [0.3, 0.4) is 0 Å². The van der Waals surface area contributed by atoms with Crippen molar-refractivity contribution in [3.05, 3.63) is 53.9 Å². The number of benzene rings is 1. The highest BCUT2D eigenvalue weighted by Crippen LogP contribution is 2.16. The minimum atomic E-state index is -0.276. The third-order valence-electron chi connectivity index (χ3n) is 5.07. The highest BCUT2D eigenvalue weighted by Gasteiger charge is 2.20. The number of piperidine rings is 1.